The molecule has 100 valence electrons. The molecule has 0 amide bonds. The van der Waals surface area contributed by atoms with E-state index in [0.29, 0.717) is 0 Å². The molecule has 0 saturated heterocycles. The highest BCUT2D eigenvalue weighted by atomic mass is 79.9. The molecule has 19 heavy (non-hydrogen) atoms. The molecule has 0 fully saturated rings. The Balaban J connectivity index is 1.81. The van der Waals surface area contributed by atoms with Crippen molar-refractivity contribution in [2.45, 2.75) is 19.5 Å². The standard InChI is InChI=1S/C14H14BrNO2S/c15-12-6-13(19-9-12)8-16-7-11-3-1-10(2-4-11)5-14(17)18/h1-4,6,9,16H,5,7-8H2,(H,17,18). The maximum atomic E-state index is 10.6. The van der Waals surface area contributed by atoms with Gasteiger partial charge in [0.05, 0.1) is 6.42 Å². The normalized spacial score (nSPS) is 10.6. The highest BCUT2D eigenvalue weighted by Gasteiger charge is 2.01. The molecular weight excluding hydrogens is 326 g/mol. The first kappa shape index (κ1) is 14.2. The van der Waals surface area contributed by atoms with Crippen LogP contribution in [-0.2, 0) is 24.3 Å². The molecule has 5 heteroatoms. The summed E-state index contributed by atoms with van der Waals surface area (Å²) in [5.41, 5.74) is 1.99. The second-order valence-electron chi connectivity index (χ2n) is 4.22. The van der Waals surface area contributed by atoms with Crippen molar-refractivity contribution in [1.29, 1.82) is 0 Å². The van der Waals surface area contributed by atoms with Crippen molar-refractivity contribution in [3.63, 3.8) is 0 Å². The predicted octanol–water partition coefficient (Wildman–Crippen LogP) is 3.43. The zero-order chi connectivity index (χ0) is 13.7. The van der Waals surface area contributed by atoms with Gasteiger partial charge in [-0.15, -0.1) is 11.3 Å². The molecule has 1 aromatic heterocycles. The van der Waals surface area contributed by atoms with Crippen molar-refractivity contribution >= 4 is 33.2 Å². The van der Waals surface area contributed by atoms with E-state index >= 15 is 0 Å². The van der Waals surface area contributed by atoms with Crippen molar-refractivity contribution in [2.24, 2.45) is 0 Å². The molecule has 0 aliphatic carbocycles. The third-order valence-corrected chi connectivity index (χ3v) is 4.33. The van der Waals surface area contributed by atoms with Gasteiger partial charge in [0.25, 0.3) is 0 Å². The molecule has 0 atom stereocenters. The Hall–Kier alpha value is -1.17. The Morgan fingerprint density at radius 2 is 1.89 bits per heavy atom. The summed E-state index contributed by atoms with van der Waals surface area (Å²) in [6.45, 7) is 1.62. The first-order chi connectivity index (χ1) is 9.13. The van der Waals surface area contributed by atoms with Crippen LogP contribution in [0.15, 0.2) is 40.2 Å². The second kappa shape index (κ2) is 6.84. The van der Waals surface area contributed by atoms with Crippen molar-refractivity contribution in [2.75, 3.05) is 0 Å². The fraction of sp³-hybridized carbons (Fsp3) is 0.214. The summed E-state index contributed by atoms with van der Waals surface area (Å²) in [7, 11) is 0. The van der Waals surface area contributed by atoms with Gasteiger partial charge in [0, 0.05) is 27.8 Å². The monoisotopic (exact) mass is 339 g/mol. The van der Waals surface area contributed by atoms with Crippen LogP contribution in [0.2, 0.25) is 0 Å². The third kappa shape index (κ3) is 4.78. The summed E-state index contributed by atoms with van der Waals surface area (Å²) in [5.74, 6) is -0.797. The van der Waals surface area contributed by atoms with Crippen LogP contribution in [0, 0.1) is 0 Å². The van der Waals surface area contributed by atoms with Crippen LogP contribution in [0.1, 0.15) is 16.0 Å². The number of carboxylic acid groups (broad SMARTS) is 1. The van der Waals surface area contributed by atoms with Crippen LogP contribution in [0.3, 0.4) is 0 Å². The number of carbonyl (C=O) groups is 1. The van der Waals surface area contributed by atoms with E-state index < -0.39 is 5.97 Å². The van der Waals surface area contributed by atoms with Gasteiger partial charge in [0.2, 0.25) is 0 Å². The first-order valence-electron chi connectivity index (χ1n) is 5.87. The molecule has 2 aromatic rings. The highest BCUT2D eigenvalue weighted by molar-refractivity contribution is 9.10. The van der Waals surface area contributed by atoms with Gasteiger partial charge in [-0.3, -0.25) is 4.79 Å². The zero-order valence-electron chi connectivity index (χ0n) is 10.2. The summed E-state index contributed by atoms with van der Waals surface area (Å²) in [6.07, 6.45) is 0.0803. The van der Waals surface area contributed by atoms with Gasteiger partial charge in [-0.25, -0.2) is 0 Å². The minimum absolute atomic E-state index is 0.0803. The zero-order valence-corrected chi connectivity index (χ0v) is 12.6. The topological polar surface area (TPSA) is 49.3 Å². The molecule has 0 spiro atoms. The number of rotatable bonds is 6. The van der Waals surface area contributed by atoms with E-state index in [0.717, 1.165) is 28.7 Å². The van der Waals surface area contributed by atoms with Crippen LogP contribution < -0.4 is 5.32 Å². The smallest absolute Gasteiger partial charge is 0.307 e. The molecule has 0 saturated carbocycles. The van der Waals surface area contributed by atoms with E-state index in [2.05, 4.69) is 32.7 Å². The predicted molar refractivity (Wildman–Crippen MR) is 80.3 cm³/mol. The van der Waals surface area contributed by atoms with Gasteiger partial charge in [-0.1, -0.05) is 24.3 Å². The Morgan fingerprint density at radius 1 is 1.21 bits per heavy atom. The summed E-state index contributed by atoms with van der Waals surface area (Å²) in [6, 6.07) is 9.78. The number of aliphatic carboxylic acids is 1. The lowest BCUT2D eigenvalue weighted by Crippen LogP contribution is -2.11. The summed E-state index contributed by atoms with van der Waals surface area (Å²) in [4.78, 5) is 11.9. The van der Waals surface area contributed by atoms with Gasteiger partial charge in [-0.2, -0.15) is 0 Å². The van der Waals surface area contributed by atoms with Gasteiger partial charge in [0.15, 0.2) is 0 Å². The van der Waals surface area contributed by atoms with E-state index in [9.17, 15) is 4.79 Å². The van der Waals surface area contributed by atoms with Crippen LogP contribution in [0.25, 0.3) is 0 Å². The van der Waals surface area contributed by atoms with Crippen molar-refractivity contribution in [3.05, 3.63) is 56.2 Å². The number of benzene rings is 1. The number of carboxylic acids is 1. The highest BCUT2D eigenvalue weighted by Crippen LogP contribution is 2.19. The van der Waals surface area contributed by atoms with Crippen molar-refractivity contribution in [1.82, 2.24) is 5.32 Å². The Labute approximate surface area is 124 Å². The number of nitrogens with one attached hydrogen (secondary N) is 1. The minimum Gasteiger partial charge on any atom is -0.481 e. The van der Waals surface area contributed by atoms with Gasteiger partial charge in [0.1, 0.15) is 0 Å². The maximum absolute atomic E-state index is 10.6. The lowest BCUT2D eigenvalue weighted by atomic mass is 10.1. The molecule has 0 aliphatic heterocycles. The number of halogens is 1. The molecule has 0 bridgehead atoms. The summed E-state index contributed by atoms with van der Waals surface area (Å²) < 4.78 is 1.12. The number of hydrogen-bond donors (Lipinski definition) is 2. The van der Waals surface area contributed by atoms with Crippen molar-refractivity contribution < 1.29 is 9.90 Å². The van der Waals surface area contributed by atoms with Crippen LogP contribution in [0.5, 0.6) is 0 Å². The van der Waals surface area contributed by atoms with E-state index in [1.54, 1.807) is 11.3 Å². The van der Waals surface area contributed by atoms with Gasteiger partial charge < -0.3 is 10.4 Å². The second-order valence-corrected chi connectivity index (χ2v) is 6.13. The first-order valence-corrected chi connectivity index (χ1v) is 7.54. The van der Waals surface area contributed by atoms with Crippen LogP contribution >= 0.6 is 27.3 Å². The largest absolute Gasteiger partial charge is 0.481 e. The molecular formula is C14H14BrNO2S. The molecule has 2 N–H and O–H groups in total. The Bertz CT molecular complexity index is 551. The molecule has 0 unspecified atom stereocenters. The lowest BCUT2D eigenvalue weighted by molar-refractivity contribution is -0.136. The average Bonchev–Trinajstić information content (AvgIpc) is 2.77. The fourth-order valence-corrected chi connectivity index (χ4v) is 3.15. The van der Waals surface area contributed by atoms with E-state index in [4.69, 9.17) is 5.11 Å². The fourth-order valence-electron chi connectivity index (χ4n) is 1.73. The Morgan fingerprint density at radius 3 is 2.47 bits per heavy atom. The lowest BCUT2D eigenvalue weighted by Gasteiger charge is -2.04. The van der Waals surface area contributed by atoms with E-state index in [1.165, 1.54) is 4.88 Å². The van der Waals surface area contributed by atoms with Crippen LogP contribution in [0.4, 0.5) is 0 Å². The third-order valence-electron chi connectivity index (χ3n) is 2.63. The number of thiophene rings is 1. The summed E-state index contributed by atoms with van der Waals surface area (Å²) >= 11 is 5.15. The minimum atomic E-state index is -0.797. The molecule has 0 radical (unpaired) electrons. The van der Waals surface area contributed by atoms with Crippen LogP contribution in [-0.4, -0.2) is 11.1 Å². The van der Waals surface area contributed by atoms with Crippen molar-refractivity contribution in [3.8, 4) is 0 Å². The Kier molecular flexibility index (Phi) is 5.13. The van der Waals surface area contributed by atoms with Gasteiger partial charge >= 0.3 is 5.97 Å². The van der Waals surface area contributed by atoms with E-state index in [-0.39, 0.29) is 6.42 Å². The van der Waals surface area contributed by atoms with E-state index in [1.807, 2.05) is 24.3 Å². The average molecular weight is 340 g/mol. The number of hydrogen-bond acceptors (Lipinski definition) is 3. The maximum Gasteiger partial charge on any atom is 0.307 e. The SMILES string of the molecule is O=C(O)Cc1ccc(CNCc2cc(Br)cs2)cc1. The summed E-state index contributed by atoms with van der Waals surface area (Å²) in [5, 5.41) is 14.1. The van der Waals surface area contributed by atoms with Gasteiger partial charge in [-0.05, 0) is 33.1 Å². The molecule has 0 aliphatic rings. The molecule has 1 heterocycles. The molecule has 3 nitrogen and oxygen atoms in total. The molecule has 2 rings (SSSR count). The molecule has 1 aromatic carbocycles. The quantitative estimate of drug-likeness (QED) is 0.847.